The Balaban J connectivity index is 2.16. The highest BCUT2D eigenvalue weighted by Crippen LogP contribution is 2.37. The van der Waals surface area contributed by atoms with Gasteiger partial charge in [-0.15, -0.1) is 0 Å². The number of hydrogen-bond acceptors (Lipinski definition) is 5. The predicted octanol–water partition coefficient (Wildman–Crippen LogP) is 2.42. The van der Waals surface area contributed by atoms with Crippen LogP contribution in [0.1, 0.15) is 5.56 Å². The van der Waals surface area contributed by atoms with Gasteiger partial charge in [0.15, 0.2) is 11.5 Å². The molecule has 0 bridgehead atoms. The summed E-state index contributed by atoms with van der Waals surface area (Å²) >= 11 is 0. The second-order valence-corrected chi connectivity index (χ2v) is 3.94. The Morgan fingerprint density at radius 2 is 1.89 bits per heavy atom. The first-order valence-electron chi connectivity index (χ1n) is 5.82. The van der Waals surface area contributed by atoms with E-state index in [-0.39, 0.29) is 5.75 Å². The highest BCUT2D eigenvalue weighted by atomic mass is 16.5. The molecule has 0 saturated carbocycles. The zero-order chi connectivity index (χ0) is 13.7. The van der Waals surface area contributed by atoms with Gasteiger partial charge in [-0.25, -0.2) is 0 Å². The molecular weight excluding hydrogens is 244 g/mol. The summed E-state index contributed by atoms with van der Waals surface area (Å²) in [7, 11) is 3.01. The number of phenolic OH excluding ortho intramolecular Hbond substituents is 1. The second kappa shape index (κ2) is 5.95. The summed E-state index contributed by atoms with van der Waals surface area (Å²) in [5.74, 6) is 0.791. The highest BCUT2D eigenvalue weighted by Gasteiger charge is 2.10. The monoisotopic (exact) mass is 260 g/mol. The third kappa shape index (κ3) is 3.07. The van der Waals surface area contributed by atoms with Gasteiger partial charge >= 0.3 is 0 Å². The molecule has 1 aromatic heterocycles. The van der Waals surface area contributed by atoms with Crippen LogP contribution in [0.4, 0.5) is 5.69 Å². The number of nitrogens with zero attached hydrogens (tertiary/aromatic N) is 1. The van der Waals surface area contributed by atoms with E-state index in [4.69, 9.17) is 9.47 Å². The van der Waals surface area contributed by atoms with E-state index in [1.165, 1.54) is 14.2 Å². The molecule has 0 aliphatic carbocycles. The summed E-state index contributed by atoms with van der Waals surface area (Å²) in [6.07, 6.45) is 3.46. The Hall–Kier alpha value is -2.43. The molecule has 0 unspecified atom stereocenters. The number of rotatable bonds is 5. The zero-order valence-electron chi connectivity index (χ0n) is 10.9. The van der Waals surface area contributed by atoms with Gasteiger partial charge in [-0.05, 0) is 29.8 Å². The lowest BCUT2D eigenvalue weighted by Gasteiger charge is -2.12. The normalized spacial score (nSPS) is 10.0. The van der Waals surface area contributed by atoms with Crippen molar-refractivity contribution in [1.29, 1.82) is 0 Å². The van der Waals surface area contributed by atoms with Gasteiger partial charge in [0.05, 0.1) is 19.9 Å². The Morgan fingerprint density at radius 3 is 2.42 bits per heavy atom. The van der Waals surface area contributed by atoms with Gasteiger partial charge in [0.25, 0.3) is 0 Å². The van der Waals surface area contributed by atoms with Crippen molar-refractivity contribution in [2.45, 2.75) is 6.54 Å². The molecule has 2 N–H and O–H groups in total. The van der Waals surface area contributed by atoms with Crippen molar-refractivity contribution in [3.63, 3.8) is 0 Å². The van der Waals surface area contributed by atoms with Crippen LogP contribution in [-0.4, -0.2) is 24.3 Å². The van der Waals surface area contributed by atoms with Crippen molar-refractivity contribution in [3.05, 3.63) is 42.2 Å². The van der Waals surface area contributed by atoms with Gasteiger partial charge in [0.2, 0.25) is 5.75 Å². The maximum atomic E-state index is 9.82. The Labute approximate surface area is 111 Å². The first-order valence-corrected chi connectivity index (χ1v) is 5.82. The molecule has 100 valence electrons. The molecule has 0 fully saturated rings. The van der Waals surface area contributed by atoms with E-state index in [0.29, 0.717) is 18.0 Å². The third-order valence-electron chi connectivity index (χ3n) is 2.70. The van der Waals surface area contributed by atoms with Gasteiger partial charge < -0.3 is 19.9 Å². The quantitative estimate of drug-likeness (QED) is 0.864. The van der Waals surface area contributed by atoms with E-state index in [0.717, 1.165) is 11.3 Å². The summed E-state index contributed by atoms with van der Waals surface area (Å²) < 4.78 is 10.2. The molecule has 0 atom stereocenters. The summed E-state index contributed by atoms with van der Waals surface area (Å²) in [6, 6.07) is 7.32. The molecule has 5 heteroatoms. The molecule has 0 aliphatic heterocycles. The number of aromatic nitrogens is 1. The average molecular weight is 260 g/mol. The Kier molecular flexibility index (Phi) is 4.07. The molecular formula is C14H16N2O3. The fraction of sp³-hybridized carbons (Fsp3) is 0.214. The number of nitrogens with one attached hydrogen (secondary N) is 1. The number of pyridine rings is 1. The van der Waals surface area contributed by atoms with Crippen LogP contribution < -0.4 is 14.8 Å². The van der Waals surface area contributed by atoms with Crippen molar-refractivity contribution < 1.29 is 14.6 Å². The lowest BCUT2D eigenvalue weighted by molar-refractivity contribution is 0.339. The topological polar surface area (TPSA) is 63.6 Å². The molecule has 5 nitrogen and oxygen atoms in total. The smallest absolute Gasteiger partial charge is 0.200 e. The number of benzene rings is 1. The van der Waals surface area contributed by atoms with Gasteiger partial charge in [0, 0.05) is 18.9 Å². The number of anilines is 1. The van der Waals surface area contributed by atoms with Crippen LogP contribution in [0, 0.1) is 0 Å². The lowest BCUT2D eigenvalue weighted by Crippen LogP contribution is -2.01. The van der Waals surface area contributed by atoms with Crippen LogP contribution in [0.3, 0.4) is 0 Å². The van der Waals surface area contributed by atoms with Crippen LogP contribution in [0.25, 0.3) is 0 Å². The van der Waals surface area contributed by atoms with Crippen molar-refractivity contribution in [2.24, 2.45) is 0 Å². The first-order chi connectivity index (χ1) is 9.24. The largest absolute Gasteiger partial charge is 0.502 e. The maximum absolute atomic E-state index is 9.82. The fourth-order valence-electron chi connectivity index (χ4n) is 1.72. The number of methoxy groups -OCH3 is 2. The van der Waals surface area contributed by atoms with Crippen LogP contribution in [0.15, 0.2) is 36.7 Å². The minimum atomic E-state index is 0.00938. The van der Waals surface area contributed by atoms with Gasteiger partial charge in [0.1, 0.15) is 0 Å². The number of ether oxygens (including phenoxy) is 2. The van der Waals surface area contributed by atoms with Gasteiger partial charge in [-0.2, -0.15) is 0 Å². The third-order valence-corrected chi connectivity index (χ3v) is 2.70. The number of aromatic hydroxyl groups is 1. The Bertz CT molecular complexity index is 519. The van der Waals surface area contributed by atoms with Crippen molar-refractivity contribution in [3.8, 4) is 17.2 Å². The minimum Gasteiger partial charge on any atom is -0.502 e. The number of hydrogen-bond donors (Lipinski definition) is 2. The van der Waals surface area contributed by atoms with Crippen molar-refractivity contribution >= 4 is 5.69 Å². The van der Waals surface area contributed by atoms with Gasteiger partial charge in [-0.3, -0.25) is 4.98 Å². The molecule has 1 heterocycles. The second-order valence-electron chi connectivity index (χ2n) is 3.94. The lowest BCUT2D eigenvalue weighted by atomic mass is 10.1. The predicted molar refractivity (Wildman–Crippen MR) is 72.8 cm³/mol. The van der Waals surface area contributed by atoms with Crippen LogP contribution in [0.2, 0.25) is 0 Å². The molecule has 1 aromatic carbocycles. The van der Waals surface area contributed by atoms with Crippen molar-refractivity contribution in [1.82, 2.24) is 4.98 Å². The van der Waals surface area contributed by atoms with Crippen molar-refractivity contribution in [2.75, 3.05) is 19.5 Å². The molecule has 2 rings (SSSR count). The molecule has 0 aliphatic rings. The van der Waals surface area contributed by atoms with Gasteiger partial charge in [-0.1, -0.05) is 0 Å². The molecule has 0 radical (unpaired) electrons. The molecule has 2 aromatic rings. The standard InChI is InChI=1S/C14H16N2O3/c1-18-12-6-10(7-13(19-2)14(12)17)8-16-11-4-3-5-15-9-11/h3-7,9,16-17H,8H2,1-2H3. The summed E-state index contributed by atoms with van der Waals surface area (Å²) in [4.78, 5) is 4.03. The van der Waals surface area contributed by atoms with E-state index in [1.807, 2.05) is 12.1 Å². The summed E-state index contributed by atoms with van der Waals surface area (Å²) in [6.45, 7) is 0.582. The zero-order valence-corrected chi connectivity index (χ0v) is 10.9. The average Bonchev–Trinajstić information content (AvgIpc) is 2.47. The van der Waals surface area contributed by atoms with Crippen LogP contribution in [-0.2, 0) is 6.54 Å². The van der Waals surface area contributed by atoms with E-state index in [2.05, 4.69) is 10.3 Å². The maximum Gasteiger partial charge on any atom is 0.200 e. The van der Waals surface area contributed by atoms with E-state index in [1.54, 1.807) is 24.5 Å². The first kappa shape index (κ1) is 13.0. The highest BCUT2D eigenvalue weighted by molar-refractivity contribution is 5.53. The van der Waals surface area contributed by atoms with E-state index in [9.17, 15) is 5.11 Å². The number of phenols is 1. The van der Waals surface area contributed by atoms with E-state index >= 15 is 0 Å². The van der Waals surface area contributed by atoms with Crippen LogP contribution >= 0.6 is 0 Å². The fourth-order valence-corrected chi connectivity index (χ4v) is 1.72. The summed E-state index contributed by atoms with van der Waals surface area (Å²) in [5.41, 5.74) is 1.86. The van der Waals surface area contributed by atoms with Crippen LogP contribution in [0.5, 0.6) is 17.2 Å². The molecule has 19 heavy (non-hydrogen) atoms. The Morgan fingerprint density at radius 1 is 1.21 bits per heavy atom. The molecule has 0 spiro atoms. The molecule has 0 amide bonds. The van der Waals surface area contributed by atoms with E-state index < -0.39 is 0 Å². The molecule has 0 saturated heterocycles. The summed E-state index contributed by atoms with van der Waals surface area (Å²) in [5, 5.41) is 13.0. The SMILES string of the molecule is COc1cc(CNc2cccnc2)cc(OC)c1O. The minimum absolute atomic E-state index is 0.00938.